The number of rotatable bonds is 3. The largest absolute Gasteiger partial charge is 0.413 e. The fraction of sp³-hybridized carbons (Fsp3) is 0.286. The Hall–Kier alpha value is -1.15. The minimum atomic E-state index is -4.69. The van der Waals surface area contributed by atoms with Crippen LogP contribution in [0.5, 0.6) is 0 Å². The zero-order chi connectivity index (χ0) is 11.5. The second-order valence-electron chi connectivity index (χ2n) is 2.52. The topological polar surface area (TPSA) is 56.3 Å². The summed E-state index contributed by atoms with van der Waals surface area (Å²) >= 11 is 0. The van der Waals surface area contributed by atoms with Gasteiger partial charge in [0.15, 0.2) is 6.61 Å². The lowest BCUT2D eigenvalue weighted by molar-refractivity contribution is -0.152. The number of halogens is 3. The SMILES string of the molecule is O=S(=O)(OCC(F)(F)F)c1cccnc1. The highest BCUT2D eigenvalue weighted by Gasteiger charge is 2.31. The van der Waals surface area contributed by atoms with Crippen molar-refractivity contribution >= 4 is 10.1 Å². The van der Waals surface area contributed by atoms with Gasteiger partial charge in [-0.15, -0.1) is 0 Å². The number of hydrogen-bond acceptors (Lipinski definition) is 4. The van der Waals surface area contributed by atoms with Gasteiger partial charge in [0.1, 0.15) is 4.90 Å². The van der Waals surface area contributed by atoms with E-state index in [1.54, 1.807) is 0 Å². The summed E-state index contributed by atoms with van der Waals surface area (Å²) in [7, 11) is -4.38. The van der Waals surface area contributed by atoms with Crippen molar-refractivity contribution in [2.24, 2.45) is 0 Å². The van der Waals surface area contributed by atoms with Gasteiger partial charge >= 0.3 is 6.18 Å². The Morgan fingerprint density at radius 3 is 2.53 bits per heavy atom. The van der Waals surface area contributed by atoms with E-state index in [9.17, 15) is 21.6 Å². The van der Waals surface area contributed by atoms with E-state index in [1.165, 1.54) is 12.3 Å². The van der Waals surface area contributed by atoms with Gasteiger partial charge < -0.3 is 0 Å². The lowest BCUT2D eigenvalue weighted by Crippen LogP contribution is -2.20. The summed E-state index contributed by atoms with van der Waals surface area (Å²) in [5.74, 6) is 0. The molecule has 0 N–H and O–H groups in total. The number of hydrogen-bond donors (Lipinski definition) is 0. The zero-order valence-corrected chi connectivity index (χ0v) is 8.05. The molecule has 15 heavy (non-hydrogen) atoms. The number of aromatic nitrogens is 1. The van der Waals surface area contributed by atoms with E-state index in [1.807, 2.05) is 0 Å². The van der Waals surface area contributed by atoms with Crippen LogP contribution in [-0.4, -0.2) is 26.2 Å². The molecule has 8 heteroatoms. The van der Waals surface area contributed by atoms with E-state index in [-0.39, 0.29) is 0 Å². The van der Waals surface area contributed by atoms with Crippen molar-refractivity contribution in [3.8, 4) is 0 Å². The first-order valence-electron chi connectivity index (χ1n) is 3.67. The van der Waals surface area contributed by atoms with Crippen LogP contribution >= 0.6 is 0 Å². The molecule has 1 rings (SSSR count). The summed E-state index contributed by atoms with van der Waals surface area (Å²) in [5.41, 5.74) is 0. The monoisotopic (exact) mass is 241 g/mol. The van der Waals surface area contributed by atoms with Gasteiger partial charge in [-0.1, -0.05) is 0 Å². The maximum Gasteiger partial charge on any atom is 0.413 e. The molecule has 0 aliphatic rings. The minimum absolute atomic E-state index is 0.408. The van der Waals surface area contributed by atoms with Crippen LogP contribution < -0.4 is 0 Å². The number of nitrogens with zero attached hydrogens (tertiary/aromatic N) is 1. The highest BCUT2D eigenvalue weighted by atomic mass is 32.2. The van der Waals surface area contributed by atoms with Crippen molar-refractivity contribution in [3.63, 3.8) is 0 Å². The average Bonchev–Trinajstić information content (AvgIpc) is 2.16. The summed E-state index contributed by atoms with van der Waals surface area (Å²) in [6, 6.07) is 2.38. The van der Waals surface area contributed by atoms with Gasteiger partial charge in [-0.3, -0.25) is 9.17 Å². The van der Waals surface area contributed by atoms with E-state index in [0.29, 0.717) is 0 Å². The van der Waals surface area contributed by atoms with Crippen molar-refractivity contribution in [2.75, 3.05) is 6.61 Å². The highest BCUT2D eigenvalue weighted by Crippen LogP contribution is 2.18. The molecule has 0 aromatic carbocycles. The third-order valence-corrected chi connectivity index (χ3v) is 2.55. The minimum Gasteiger partial charge on any atom is -0.263 e. The van der Waals surface area contributed by atoms with E-state index < -0.39 is 27.8 Å². The van der Waals surface area contributed by atoms with Crippen LogP contribution in [0, 0.1) is 0 Å². The molecule has 0 saturated heterocycles. The summed E-state index contributed by atoms with van der Waals surface area (Å²) in [6.45, 7) is -1.84. The molecule has 0 spiro atoms. The molecule has 1 heterocycles. The van der Waals surface area contributed by atoms with Crippen LogP contribution in [0.3, 0.4) is 0 Å². The van der Waals surface area contributed by atoms with Crippen LogP contribution in [0.15, 0.2) is 29.4 Å². The Balaban J connectivity index is 2.78. The molecule has 0 unspecified atom stereocenters. The first-order valence-corrected chi connectivity index (χ1v) is 5.08. The van der Waals surface area contributed by atoms with Gasteiger partial charge in [-0.05, 0) is 12.1 Å². The molecule has 0 atom stereocenters. The van der Waals surface area contributed by atoms with Gasteiger partial charge in [-0.2, -0.15) is 21.6 Å². The molecule has 1 aromatic rings. The standard InChI is InChI=1S/C7H6F3NO3S/c8-7(9,10)5-14-15(12,13)6-2-1-3-11-4-6/h1-4H,5H2. The van der Waals surface area contributed by atoms with E-state index in [0.717, 1.165) is 12.3 Å². The quantitative estimate of drug-likeness (QED) is 0.749. The molecular weight excluding hydrogens is 235 g/mol. The Morgan fingerprint density at radius 1 is 1.40 bits per heavy atom. The summed E-state index contributed by atoms with van der Waals surface area (Å²) < 4.78 is 61.1. The predicted octanol–water partition coefficient (Wildman–Crippen LogP) is 1.35. The fourth-order valence-corrected chi connectivity index (χ4v) is 1.57. The Bertz CT molecular complexity index is 415. The van der Waals surface area contributed by atoms with Gasteiger partial charge in [-0.25, -0.2) is 0 Å². The highest BCUT2D eigenvalue weighted by molar-refractivity contribution is 7.86. The van der Waals surface area contributed by atoms with Crippen molar-refractivity contribution in [1.82, 2.24) is 4.98 Å². The lowest BCUT2D eigenvalue weighted by atomic mass is 10.5. The molecule has 84 valence electrons. The van der Waals surface area contributed by atoms with Crippen molar-refractivity contribution < 1.29 is 25.8 Å². The fourth-order valence-electron chi connectivity index (χ4n) is 0.707. The first-order chi connectivity index (χ1) is 6.81. The maximum atomic E-state index is 11.7. The van der Waals surface area contributed by atoms with Crippen molar-refractivity contribution in [1.29, 1.82) is 0 Å². The molecule has 0 bridgehead atoms. The van der Waals surface area contributed by atoms with Crippen molar-refractivity contribution in [2.45, 2.75) is 11.1 Å². The molecule has 0 amide bonds. The number of pyridine rings is 1. The first kappa shape index (κ1) is 11.9. The summed E-state index contributed by atoms with van der Waals surface area (Å²) in [5, 5.41) is 0. The van der Waals surface area contributed by atoms with Crippen molar-refractivity contribution in [3.05, 3.63) is 24.5 Å². The van der Waals surface area contributed by atoms with E-state index in [4.69, 9.17) is 0 Å². The Labute approximate surface area is 83.8 Å². The normalized spacial score (nSPS) is 12.7. The van der Waals surface area contributed by atoms with Crippen LogP contribution in [0.4, 0.5) is 13.2 Å². The van der Waals surface area contributed by atoms with Gasteiger partial charge in [0.25, 0.3) is 10.1 Å². The maximum absolute atomic E-state index is 11.7. The van der Waals surface area contributed by atoms with Crippen LogP contribution in [-0.2, 0) is 14.3 Å². The third-order valence-electron chi connectivity index (χ3n) is 1.30. The molecule has 0 aliphatic carbocycles. The summed E-state index contributed by atoms with van der Waals surface area (Å²) in [4.78, 5) is 3.05. The summed E-state index contributed by atoms with van der Waals surface area (Å²) in [6.07, 6.45) is -2.48. The Morgan fingerprint density at radius 2 is 2.07 bits per heavy atom. The molecule has 0 fully saturated rings. The molecule has 1 aromatic heterocycles. The second kappa shape index (κ2) is 4.15. The molecule has 4 nitrogen and oxygen atoms in total. The van der Waals surface area contributed by atoms with Crippen LogP contribution in [0.25, 0.3) is 0 Å². The van der Waals surface area contributed by atoms with Gasteiger partial charge in [0.05, 0.1) is 0 Å². The van der Waals surface area contributed by atoms with Crippen LogP contribution in [0.2, 0.25) is 0 Å². The molecule has 0 saturated carbocycles. The van der Waals surface area contributed by atoms with E-state index in [2.05, 4.69) is 9.17 Å². The smallest absolute Gasteiger partial charge is 0.263 e. The van der Waals surface area contributed by atoms with Gasteiger partial charge in [0, 0.05) is 12.4 Å². The molecule has 0 radical (unpaired) electrons. The van der Waals surface area contributed by atoms with Crippen LogP contribution in [0.1, 0.15) is 0 Å². The number of alkyl halides is 3. The van der Waals surface area contributed by atoms with E-state index >= 15 is 0 Å². The van der Waals surface area contributed by atoms with Gasteiger partial charge in [0.2, 0.25) is 0 Å². The molecular formula is C7H6F3NO3S. The third kappa shape index (κ3) is 3.84. The second-order valence-corrected chi connectivity index (χ2v) is 4.14. The predicted molar refractivity (Wildman–Crippen MR) is 43.4 cm³/mol. The Kier molecular flexibility index (Phi) is 3.30. The zero-order valence-electron chi connectivity index (χ0n) is 7.23. The molecule has 0 aliphatic heterocycles. The lowest BCUT2D eigenvalue weighted by Gasteiger charge is -2.07. The average molecular weight is 241 g/mol.